The van der Waals surface area contributed by atoms with Crippen molar-refractivity contribution in [2.45, 2.75) is 12.8 Å². The zero-order valence-electron chi connectivity index (χ0n) is 9.35. The van der Waals surface area contributed by atoms with Gasteiger partial charge in [-0.05, 0) is 37.6 Å². The average molecular weight is 244 g/mol. The molecule has 17 heavy (non-hydrogen) atoms. The summed E-state index contributed by atoms with van der Waals surface area (Å²) in [6.45, 7) is 2.57. The summed E-state index contributed by atoms with van der Waals surface area (Å²) < 4.78 is 38.1. The quantitative estimate of drug-likeness (QED) is 0.851. The molecule has 0 amide bonds. The van der Waals surface area contributed by atoms with Crippen molar-refractivity contribution in [3.63, 3.8) is 0 Å². The number of rotatable bonds is 4. The standard InChI is InChI=1S/C12H15F3N2/c13-10-5-9(12(14)15)1-2-11(10)17-7-8-3-4-16-6-8/h1-2,5,8,12,16-17H,3-4,6-7H2. The molecule has 94 valence electrons. The first-order valence-electron chi connectivity index (χ1n) is 5.69. The minimum absolute atomic E-state index is 0.282. The van der Waals surface area contributed by atoms with Crippen LogP contribution in [0.5, 0.6) is 0 Å². The SMILES string of the molecule is Fc1cc(C(F)F)ccc1NCC1CCNC1. The van der Waals surface area contributed by atoms with Gasteiger partial charge in [0.05, 0.1) is 5.69 Å². The maximum absolute atomic E-state index is 13.5. The number of halogens is 3. The molecular formula is C12H15F3N2. The van der Waals surface area contributed by atoms with E-state index in [4.69, 9.17) is 0 Å². The fourth-order valence-electron chi connectivity index (χ4n) is 1.95. The molecule has 2 nitrogen and oxygen atoms in total. The third-order valence-corrected chi connectivity index (χ3v) is 2.99. The first-order valence-corrected chi connectivity index (χ1v) is 5.69. The van der Waals surface area contributed by atoms with Crippen LogP contribution in [-0.4, -0.2) is 19.6 Å². The summed E-state index contributed by atoms with van der Waals surface area (Å²) in [6.07, 6.45) is -1.57. The Labute approximate surface area is 98.2 Å². The molecule has 1 aliphatic heterocycles. The molecule has 1 unspecified atom stereocenters. The highest BCUT2D eigenvalue weighted by Crippen LogP contribution is 2.23. The first-order chi connectivity index (χ1) is 8.16. The summed E-state index contributed by atoms with van der Waals surface area (Å²) in [4.78, 5) is 0. The Kier molecular flexibility index (Phi) is 3.89. The van der Waals surface area contributed by atoms with Crippen molar-refractivity contribution in [1.29, 1.82) is 0 Å². The van der Waals surface area contributed by atoms with Gasteiger partial charge in [0.15, 0.2) is 0 Å². The molecule has 1 saturated heterocycles. The van der Waals surface area contributed by atoms with Gasteiger partial charge in [0.2, 0.25) is 0 Å². The second-order valence-corrected chi connectivity index (χ2v) is 4.28. The largest absolute Gasteiger partial charge is 0.382 e. The van der Waals surface area contributed by atoms with Crippen LogP contribution in [0, 0.1) is 11.7 Å². The molecule has 0 radical (unpaired) electrons. The van der Waals surface area contributed by atoms with Gasteiger partial charge in [-0.25, -0.2) is 13.2 Å². The maximum Gasteiger partial charge on any atom is 0.263 e. The smallest absolute Gasteiger partial charge is 0.263 e. The molecule has 0 aliphatic carbocycles. The lowest BCUT2D eigenvalue weighted by molar-refractivity contribution is 0.151. The minimum Gasteiger partial charge on any atom is -0.382 e. The Morgan fingerprint density at radius 2 is 2.24 bits per heavy atom. The molecule has 5 heteroatoms. The van der Waals surface area contributed by atoms with E-state index in [9.17, 15) is 13.2 Å². The van der Waals surface area contributed by atoms with Gasteiger partial charge in [-0.15, -0.1) is 0 Å². The van der Waals surface area contributed by atoms with Crippen molar-refractivity contribution in [2.75, 3.05) is 25.0 Å². The number of hydrogen-bond donors (Lipinski definition) is 2. The van der Waals surface area contributed by atoms with Crippen molar-refractivity contribution >= 4 is 5.69 Å². The van der Waals surface area contributed by atoms with Crippen LogP contribution < -0.4 is 10.6 Å². The Morgan fingerprint density at radius 3 is 2.82 bits per heavy atom. The van der Waals surface area contributed by atoms with Crippen molar-refractivity contribution in [3.8, 4) is 0 Å². The van der Waals surface area contributed by atoms with E-state index in [1.807, 2.05) is 0 Å². The summed E-state index contributed by atoms with van der Waals surface area (Å²) in [7, 11) is 0. The molecule has 2 rings (SSSR count). The molecule has 2 N–H and O–H groups in total. The van der Waals surface area contributed by atoms with E-state index in [1.54, 1.807) is 0 Å². The van der Waals surface area contributed by atoms with E-state index in [2.05, 4.69) is 10.6 Å². The Balaban J connectivity index is 1.96. The van der Waals surface area contributed by atoms with Crippen LogP contribution in [0.2, 0.25) is 0 Å². The van der Waals surface area contributed by atoms with Gasteiger partial charge in [-0.2, -0.15) is 0 Å². The number of alkyl halides is 2. The lowest BCUT2D eigenvalue weighted by Crippen LogP contribution is -2.17. The van der Waals surface area contributed by atoms with Crippen LogP contribution in [0.25, 0.3) is 0 Å². The number of hydrogen-bond acceptors (Lipinski definition) is 2. The van der Waals surface area contributed by atoms with E-state index in [0.29, 0.717) is 18.2 Å². The van der Waals surface area contributed by atoms with Gasteiger partial charge in [-0.1, -0.05) is 6.07 Å². The summed E-state index contributed by atoms with van der Waals surface area (Å²) in [5.74, 6) is -0.141. The summed E-state index contributed by atoms with van der Waals surface area (Å²) in [5, 5.41) is 6.18. The van der Waals surface area contributed by atoms with Crippen molar-refractivity contribution in [2.24, 2.45) is 5.92 Å². The molecule has 1 aromatic carbocycles. The Morgan fingerprint density at radius 1 is 1.41 bits per heavy atom. The minimum atomic E-state index is -2.63. The monoisotopic (exact) mass is 244 g/mol. The fraction of sp³-hybridized carbons (Fsp3) is 0.500. The topological polar surface area (TPSA) is 24.1 Å². The molecule has 0 bridgehead atoms. The van der Waals surface area contributed by atoms with E-state index in [0.717, 1.165) is 25.6 Å². The van der Waals surface area contributed by atoms with E-state index in [-0.39, 0.29) is 5.56 Å². The van der Waals surface area contributed by atoms with Gasteiger partial charge >= 0.3 is 0 Å². The molecule has 1 fully saturated rings. The summed E-state index contributed by atoms with van der Waals surface area (Å²) in [5.41, 5.74) is 0.0110. The van der Waals surface area contributed by atoms with Gasteiger partial charge in [0.1, 0.15) is 5.82 Å². The Bertz CT molecular complexity index is 376. The van der Waals surface area contributed by atoms with E-state index in [1.165, 1.54) is 12.1 Å². The predicted molar refractivity (Wildman–Crippen MR) is 60.8 cm³/mol. The lowest BCUT2D eigenvalue weighted by atomic mass is 10.1. The molecule has 0 saturated carbocycles. The second-order valence-electron chi connectivity index (χ2n) is 4.28. The van der Waals surface area contributed by atoms with E-state index >= 15 is 0 Å². The van der Waals surface area contributed by atoms with Crippen LogP contribution in [-0.2, 0) is 0 Å². The third-order valence-electron chi connectivity index (χ3n) is 2.99. The highest BCUT2D eigenvalue weighted by atomic mass is 19.3. The third kappa shape index (κ3) is 3.12. The van der Waals surface area contributed by atoms with Gasteiger partial charge < -0.3 is 10.6 Å². The average Bonchev–Trinajstić information content (AvgIpc) is 2.80. The molecule has 0 aromatic heterocycles. The normalized spacial score (nSPS) is 19.9. The van der Waals surface area contributed by atoms with Crippen molar-refractivity contribution in [1.82, 2.24) is 5.32 Å². The van der Waals surface area contributed by atoms with Gasteiger partial charge in [0.25, 0.3) is 6.43 Å². The van der Waals surface area contributed by atoms with Gasteiger partial charge in [-0.3, -0.25) is 0 Å². The fourth-order valence-corrected chi connectivity index (χ4v) is 1.95. The van der Waals surface area contributed by atoms with Gasteiger partial charge in [0, 0.05) is 12.1 Å². The molecule has 1 aromatic rings. The molecule has 1 aliphatic rings. The summed E-state index contributed by atoms with van der Waals surface area (Å²) in [6, 6.07) is 3.52. The van der Waals surface area contributed by atoms with Crippen molar-refractivity contribution < 1.29 is 13.2 Å². The van der Waals surface area contributed by atoms with Crippen molar-refractivity contribution in [3.05, 3.63) is 29.6 Å². The molecular weight excluding hydrogens is 229 g/mol. The van der Waals surface area contributed by atoms with Crippen LogP contribution >= 0.6 is 0 Å². The number of anilines is 1. The molecule has 1 heterocycles. The van der Waals surface area contributed by atoms with Crippen LogP contribution in [0.15, 0.2) is 18.2 Å². The highest BCUT2D eigenvalue weighted by Gasteiger charge is 2.15. The Hall–Kier alpha value is -1.23. The zero-order valence-corrected chi connectivity index (χ0v) is 9.35. The second kappa shape index (κ2) is 5.40. The first kappa shape index (κ1) is 12.2. The predicted octanol–water partition coefficient (Wildman–Crippen LogP) is 2.78. The number of benzene rings is 1. The molecule has 1 atom stereocenters. The molecule has 0 spiro atoms. The number of nitrogens with one attached hydrogen (secondary N) is 2. The zero-order chi connectivity index (χ0) is 12.3. The lowest BCUT2D eigenvalue weighted by Gasteiger charge is -2.12. The maximum atomic E-state index is 13.5. The highest BCUT2D eigenvalue weighted by molar-refractivity contribution is 5.46. The van der Waals surface area contributed by atoms with Crippen LogP contribution in [0.1, 0.15) is 18.4 Å². The van der Waals surface area contributed by atoms with Crippen LogP contribution in [0.4, 0.5) is 18.9 Å². The van der Waals surface area contributed by atoms with E-state index < -0.39 is 12.2 Å². The summed E-state index contributed by atoms with van der Waals surface area (Å²) >= 11 is 0. The van der Waals surface area contributed by atoms with Crippen LogP contribution in [0.3, 0.4) is 0 Å².